The van der Waals surface area contributed by atoms with Crippen LogP contribution in [-0.2, 0) is 9.53 Å². The predicted molar refractivity (Wildman–Crippen MR) is 141 cm³/mol. The van der Waals surface area contributed by atoms with E-state index in [1.54, 1.807) is 31.2 Å². The molecule has 0 bridgehead atoms. The molecule has 10 heteroatoms. The van der Waals surface area contributed by atoms with E-state index in [0.717, 1.165) is 22.7 Å². The summed E-state index contributed by atoms with van der Waals surface area (Å²) < 4.78 is 19.9. The molecular formula is C27H21FN4O4S. The molecule has 8 nitrogen and oxygen atoms in total. The van der Waals surface area contributed by atoms with Crippen LogP contribution in [0.15, 0.2) is 82.7 Å². The zero-order valence-corrected chi connectivity index (χ0v) is 20.5. The Morgan fingerprint density at radius 1 is 1.05 bits per heavy atom. The van der Waals surface area contributed by atoms with Crippen LogP contribution >= 0.6 is 11.8 Å². The zero-order chi connectivity index (χ0) is 25.9. The number of aromatic nitrogens is 3. The molecule has 1 amide bonds. The van der Waals surface area contributed by atoms with Crippen LogP contribution < -0.4 is 10.9 Å². The quantitative estimate of drug-likeness (QED) is 0.181. The standard InChI is InChI=1S/C27H21FN4O4S/c1-2-36-26(35)16-7-11-18(12-8-16)29-22(33)15-37-27-31-23-20-5-3-4-6-21(20)30-24(23)25(34)32(27)19-13-9-17(28)10-14-19/h3-14,30H,2,15H2,1H3,(H,29,33). The third-order valence-electron chi connectivity index (χ3n) is 5.59. The number of esters is 1. The number of aromatic amines is 1. The molecule has 0 unspecified atom stereocenters. The fourth-order valence-electron chi connectivity index (χ4n) is 3.89. The molecular weight excluding hydrogens is 495 g/mol. The van der Waals surface area contributed by atoms with Gasteiger partial charge in [-0.25, -0.2) is 14.2 Å². The number of fused-ring (bicyclic) bond motifs is 3. The van der Waals surface area contributed by atoms with Crippen molar-refractivity contribution in [3.63, 3.8) is 0 Å². The summed E-state index contributed by atoms with van der Waals surface area (Å²) in [6.07, 6.45) is 0. The van der Waals surface area contributed by atoms with Crippen molar-refractivity contribution in [1.82, 2.24) is 14.5 Å². The first-order chi connectivity index (χ1) is 17.9. The number of anilines is 1. The Morgan fingerprint density at radius 2 is 1.78 bits per heavy atom. The number of thioether (sulfide) groups is 1. The number of hydrogen-bond acceptors (Lipinski definition) is 6. The van der Waals surface area contributed by atoms with Crippen molar-refractivity contribution in [2.45, 2.75) is 12.1 Å². The van der Waals surface area contributed by atoms with E-state index < -0.39 is 11.8 Å². The van der Waals surface area contributed by atoms with Gasteiger partial charge in [0.2, 0.25) is 5.91 Å². The molecule has 2 heterocycles. The van der Waals surface area contributed by atoms with Gasteiger partial charge in [-0.1, -0.05) is 30.0 Å². The second kappa shape index (κ2) is 10.3. The maximum absolute atomic E-state index is 13.6. The highest BCUT2D eigenvalue weighted by Gasteiger charge is 2.18. The van der Waals surface area contributed by atoms with Gasteiger partial charge in [0.1, 0.15) is 16.9 Å². The smallest absolute Gasteiger partial charge is 0.338 e. The largest absolute Gasteiger partial charge is 0.462 e. The van der Waals surface area contributed by atoms with E-state index in [-0.39, 0.29) is 23.8 Å². The Kier molecular flexibility index (Phi) is 6.74. The maximum Gasteiger partial charge on any atom is 0.338 e. The molecule has 0 spiro atoms. The van der Waals surface area contributed by atoms with Crippen LogP contribution in [-0.4, -0.2) is 38.8 Å². The number of ether oxygens (including phenoxy) is 1. The molecule has 3 aromatic carbocycles. The Balaban J connectivity index is 1.44. The van der Waals surface area contributed by atoms with Crippen LogP contribution in [0.1, 0.15) is 17.3 Å². The number of nitrogens with zero attached hydrogens (tertiary/aromatic N) is 2. The van der Waals surface area contributed by atoms with Crippen molar-refractivity contribution < 1.29 is 18.7 Å². The minimum absolute atomic E-state index is 0.0406. The minimum atomic E-state index is -0.437. The lowest BCUT2D eigenvalue weighted by atomic mass is 10.2. The van der Waals surface area contributed by atoms with Gasteiger partial charge < -0.3 is 15.0 Å². The number of nitrogens with one attached hydrogen (secondary N) is 2. The van der Waals surface area contributed by atoms with E-state index in [1.165, 1.54) is 28.8 Å². The van der Waals surface area contributed by atoms with Gasteiger partial charge in [-0.05, 0) is 61.5 Å². The SMILES string of the molecule is CCOC(=O)c1ccc(NC(=O)CSc2nc3c([nH]c4ccccc43)c(=O)n2-c2ccc(F)cc2)cc1. The van der Waals surface area contributed by atoms with Gasteiger partial charge >= 0.3 is 5.97 Å². The van der Waals surface area contributed by atoms with Crippen LogP contribution in [0.5, 0.6) is 0 Å². The van der Waals surface area contributed by atoms with E-state index in [1.807, 2.05) is 24.3 Å². The molecule has 0 aliphatic rings. The molecule has 0 saturated heterocycles. The van der Waals surface area contributed by atoms with Gasteiger partial charge in [0.05, 0.1) is 23.6 Å². The Labute approximate surface area is 214 Å². The number of para-hydroxylation sites is 1. The summed E-state index contributed by atoms with van der Waals surface area (Å²) in [5.41, 5.74) is 2.54. The van der Waals surface area contributed by atoms with Crippen molar-refractivity contribution >= 4 is 51.3 Å². The summed E-state index contributed by atoms with van der Waals surface area (Å²) in [4.78, 5) is 45.9. The summed E-state index contributed by atoms with van der Waals surface area (Å²) in [5.74, 6) is -1.23. The monoisotopic (exact) mass is 516 g/mol. The molecule has 37 heavy (non-hydrogen) atoms. The van der Waals surface area contributed by atoms with Crippen molar-refractivity contribution in [1.29, 1.82) is 0 Å². The number of rotatable bonds is 7. The van der Waals surface area contributed by atoms with Gasteiger partial charge in [-0.15, -0.1) is 0 Å². The molecule has 0 radical (unpaired) electrons. The number of benzene rings is 3. The summed E-state index contributed by atoms with van der Waals surface area (Å²) in [6.45, 7) is 2.00. The van der Waals surface area contributed by atoms with Crippen LogP contribution in [0.3, 0.4) is 0 Å². The second-order valence-electron chi connectivity index (χ2n) is 8.04. The second-order valence-corrected chi connectivity index (χ2v) is 8.98. The van der Waals surface area contributed by atoms with Gasteiger partial charge in [0.15, 0.2) is 5.16 Å². The number of hydrogen-bond donors (Lipinski definition) is 2. The van der Waals surface area contributed by atoms with E-state index >= 15 is 0 Å². The molecule has 0 atom stereocenters. The summed E-state index contributed by atoms with van der Waals surface area (Å²) >= 11 is 1.09. The number of carbonyl (C=O) groups is 2. The average Bonchev–Trinajstić information content (AvgIpc) is 3.28. The number of amides is 1. The maximum atomic E-state index is 13.6. The van der Waals surface area contributed by atoms with E-state index in [2.05, 4.69) is 10.3 Å². The van der Waals surface area contributed by atoms with Crippen molar-refractivity contribution in [2.24, 2.45) is 0 Å². The lowest BCUT2D eigenvalue weighted by Crippen LogP contribution is -2.23. The molecule has 2 N–H and O–H groups in total. The Hall–Kier alpha value is -4.44. The highest BCUT2D eigenvalue weighted by molar-refractivity contribution is 7.99. The average molecular weight is 517 g/mol. The molecule has 186 valence electrons. The fourth-order valence-corrected chi connectivity index (χ4v) is 4.69. The third-order valence-corrected chi connectivity index (χ3v) is 6.53. The number of carbonyl (C=O) groups excluding carboxylic acids is 2. The first-order valence-corrected chi connectivity index (χ1v) is 12.4. The number of H-pyrrole nitrogens is 1. The highest BCUT2D eigenvalue weighted by atomic mass is 32.2. The summed E-state index contributed by atoms with van der Waals surface area (Å²) in [6, 6.07) is 19.3. The summed E-state index contributed by atoms with van der Waals surface area (Å²) in [7, 11) is 0. The molecule has 0 saturated carbocycles. The van der Waals surface area contributed by atoms with E-state index in [0.29, 0.717) is 33.1 Å². The van der Waals surface area contributed by atoms with Gasteiger partial charge in [0, 0.05) is 16.6 Å². The minimum Gasteiger partial charge on any atom is -0.462 e. The van der Waals surface area contributed by atoms with Crippen molar-refractivity contribution in [3.8, 4) is 5.69 Å². The van der Waals surface area contributed by atoms with Gasteiger partial charge in [0.25, 0.3) is 5.56 Å². The number of halogens is 1. The van der Waals surface area contributed by atoms with Crippen LogP contribution in [0.4, 0.5) is 10.1 Å². The zero-order valence-electron chi connectivity index (χ0n) is 19.7. The van der Waals surface area contributed by atoms with Crippen molar-refractivity contribution in [3.05, 3.63) is 94.5 Å². The Bertz CT molecular complexity index is 1680. The molecule has 0 aliphatic carbocycles. The predicted octanol–water partition coefficient (Wildman–Crippen LogP) is 4.91. The fraction of sp³-hybridized carbons (Fsp3) is 0.111. The summed E-state index contributed by atoms with van der Waals surface area (Å²) in [5, 5.41) is 3.85. The van der Waals surface area contributed by atoms with Crippen molar-refractivity contribution in [2.75, 3.05) is 17.7 Å². The molecule has 5 aromatic rings. The lowest BCUT2D eigenvalue weighted by molar-refractivity contribution is -0.113. The van der Waals surface area contributed by atoms with E-state index in [9.17, 15) is 18.8 Å². The lowest BCUT2D eigenvalue weighted by Gasteiger charge is -2.12. The third kappa shape index (κ3) is 4.96. The van der Waals surface area contributed by atoms with Gasteiger partial charge in [-0.2, -0.15) is 0 Å². The van der Waals surface area contributed by atoms with Crippen LogP contribution in [0.2, 0.25) is 0 Å². The molecule has 2 aromatic heterocycles. The normalized spacial score (nSPS) is 11.1. The topological polar surface area (TPSA) is 106 Å². The van der Waals surface area contributed by atoms with Gasteiger partial charge in [-0.3, -0.25) is 14.2 Å². The first-order valence-electron chi connectivity index (χ1n) is 11.4. The molecule has 0 aliphatic heterocycles. The van der Waals surface area contributed by atoms with Crippen LogP contribution in [0, 0.1) is 5.82 Å². The van der Waals surface area contributed by atoms with Crippen LogP contribution in [0.25, 0.3) is 27.6 Å². The highest BCUT2D eigenvalue weighted by Crippen LogP contribution is 2.26. The molecule has 0 fully saturated rings. The Morgan fingerprint density at radius 3 is 2.51 bits per heavy atom. The van der Waals surface area contributed by atoms with E-state index in [4.69, 9.17) is 9.72 Å². The first kappa shape index (κ1) is 24.3. The molecule has 5 rings (SSSR count).